The molecular formula is C26H32N8O8. The molecule has 4 atom stereocenters. The number of nitrogens with one attached hydrogen (secondary N) is 5. The van der Waals surface area contributed by atoms with Crippen molar-refractivity contribution in [2.24, 2.45) is 11.5 Å². The Morgan fingerprint density at radius 1 is 0.881 bits per heavy atom. The van der Waals surface area contributed by atoms with E-state index in [4.69, 9.17) is 16.6 Å². The first kappa shape index (κ1) is 31.3. The Hall–Kier alpha value is -5.25. The number of carbonyl (C=O) groups excluding carboxylic acids is 4. The number of fused-ring (bicyclic) bond motifs is 1. The SMILES string of the molecule is NC(=O)CC(NC(=O)C(N)Cc1cnc[nH]1)C(=O)NC(Cc1c[nH]c2ccccc12)C(=O)NC(CCC(=O)O)C(=O)O. The number of nitrogens with zero attached hydrogens (tertiary/aromatic N) is 1. The Kier molecular flexibility index (Phi) is 10.7. The molecule has 0 aliphatic heterocycles. The Bertz CT molecular complexity index is 1440. The summed E-state index contributed by atoms with van der Waals surface area (Å²) in [5, 5.41) is 26.3. The van der Waals surface area contributed by atoms with Crippen molar-refractivity contribution < 1.29 is 39.0 Å². The van der Waals surface area contributed by atoms with Crippen LogP contribution in [0.1, 0.15) is 30.5 Å². The minimum absolute atomic E-state index is 0.0509. The van der Waals surface area contributed by atoms with Gasteiger partial charge in [-0.15, -0.1) is 0 Å². The maximum atomic E-state index is 13.3. The van der Waals surface area contributed by atoms with Crippen LogP contribution in [0, 0.1) is 0 Å². The van der Waals surface area contributed by atoms with Crippen LogP contribution in [0.5, 0.6) is 0 Å². The first-order chi connectivity index (χ1) is 19.9. The summed E-state index contributed by atoms with van der Waals surface area (Å²) in [6.07, 6.45) is 2.87. The number of benzene rings is 1. The zero-order valence-electron chi connectivity index (χ0n) is 22.3. The summed E-state index contributed by atoms with van der Waals surface area (Å²) in [6, 6.07) is 1.55. The lowest BCUT2D eigenvalue weighted by Gasteiger charge is -2.24. The number of amides is 4. The van der Waals surface area contributed by atoms with Crippen molar-refractivity contribution in [2.75, 3.05) is 0 Å². The van der Waals surface area contributed by atoms with E-state index in [2.05, 4.69) is 30.9 Å². The van der Waals surface area contributed by atoms with E-state index in [1.165, 1.54) is 12.5 Å². The largest absolute Gasteiger partial charge is 0.481 e. The number of carboxylic acids is 2. The predicted molar refractivity (Wildman–Crippen MR) is 146 cm³/mol. The fourth-order valence-corrected chi connectivity index (χ4v) is 4.21. The third-order valence-electron chi connectivity index (χ3n) is 6.36. The van der Waals surface area contributed by atoms with Gasteiger partial charge in [-0.2, -0.15) is 0 Å². The maximum Gasteiger partial charge on any atom is 0.326 e. The lowest BCUT2D eigenvalue weighted by atomic mass is 10.0. The normalized spacial score (nSPS) is 13.8. The van der Waals surface area contributed by atoms with Gasteiger partial charge in [-0.05, 0) is 18.1 Å². The average Bonchev–Trinajstić information content (AvgIpc) is 3.59. The van der Waals surface area contributed by atoms with E-state index in [0.717, 1.165) is 10.9 Å². The molecule has 3 rings (SSSR count). The van der Waals surface area contributed by atoms with Gasteiger partial charge < -0.3 is 47.6 Å². The number of aliphatic carboxylic acids is 2. The van der Waals surface area contributed by atoms with Crippen molar-refractivity contribution >= 4 is 46.5 Å². The molecule has 0 saturated carbocycles. The molecule has 0 fully saturated rings. The summed E-state index contributed by atoms with van der Waals surface area (Å²) in [7, 11) is 0. The molecule has 0 saturated heterocycles. The number of H-pyrrole nitrogens is 2. The van der Waals surface area contributed by atoms with E-state index < -0.39 is 79.0 Å². The van der Waals surface area contributed by atoms with E-state index in [-0.39, 0.29) is 12.8 Å². The van der Waals surface area contributed by atoms with Gasteiger partial charge in [0.25, 0.3) is 0 Å². The maximum absolute atomic E-state index is 13.3. The molecule has 0 radical (unpaired) electrons. The van der Waals surface area contributed by atoms with Crippen LogP contribution < -0.4 is 27.4 Å². The number of carbonyl (C=O) groups is 6. The van der Waals surface area contributed by atoms with Crippen molar-refractivity contribution in [3.05, 3.63) is 54.2 Å². The number of carboxylic acid groups (broad SMARTS) is 2. The predicted octanol–water partition coefficient (Wildman–Crippen LogP) is -1.72. The van der Waals surface area contributed by atoms with Gasteiger partial charge in [-0.1, -0.05) is 18.2 Å². The second kappa shape index (κ2) is 14.4. The smallest absolute Gasteiger partial charge is 0.326 e. The van der Waals surface area contributed by atoms with Gasteiger partial charge in [0, 0.05) is 48.3 Å². The van der Waals surface area contributed by atoms with Gasteiger partial charge in [0.15, 0.2) is 0 Å². The highest BCUT2D eigenvalue weighted by atomic mass is 16.4. The number of primary amides is 1. The molecule has 0 aliphatic rings. The molecule has 0 bridgehead atoms. The van der Waals surface area contributed by atoms with Gasteiger partial charge in [0.05, 0.1) is 18.8 Å². The third kappa shape index (κ3) is 8.88. The molecule has 11 N–H and O–H groups in total. The number of imidazole rings is 1. The lowest BCUT2D eigenvalue weighted by molar-refractivity contribution is -0.143. The standard InChI is InChI=1S/C26H32N8O8/c27-16(8-14-11-29-12-31-14)23(38)33-20(9-21(28)35)25(40)34-19(7-13-10-30-17-4-2-1-3-15(13)17)24(39)32-18(26(41)42)5-6-22(36)37/h1-4,10-12,16,18-20,30H,5-9,27H2,(H2,28,35)(H,29,31)(H,32,39)(H,33,38)(H,34,40)(H,36,37)(H,41,42). The molecule has 1 aromatic carbocycles. The van der Waals surface area contributed by atoms with E-state index in [9.17, 15) is 33.9 Å². The fraction of sp³-hybridized carbons (Fsp3) is 0.346. The topological polar surface area (TPSA) is 275 Å². The van der Waals surface area contributed by atoms with Crippen molar-refractivity contribution in [3.63, 3.8) is 0 Å². The second-order valence-corrected chi connectivity index (χ2v) is 9.58. The Morgan fingerprint density at radius 2 is 1.55 bits per heavy atom. The van der Waals surface area contributed by atoms with Crippen LogP contribution in [-0.2, 0) is 41.6 Å². The summed E-state index contributed by atoms with van der Waals surface area (Å²) >= 11 is 0. The zero-order chi connectivity index (χ0) is 30.8. The quantitative estimate of drug-likeness (QED) is 0.0918. The number of rotatable bonds is 16. The highest BCUT2D eigenvalue weighted by molar-refractivity contribution is 5.96. The molecule has 16 heteroatoms. The molecule has 4 amide bonds. The van der Waals surface area contributed by atoms with Gasteiger partial charge in [-0.3, -0.25) is 24.0 Å². The van der Waals surface area contributed by atoms with Crippen molar-refractivity contribution in [1.29, 1.82) is 0 Å². The Labute approximate surface area is 238 Å². The van der Waals surface area contributed by atoms with E-state index in [0.29, 0.717) is 11.3 Å². The summed E-state index contributed by atoms with van der Waals surface area (Å²) < 4.78 is 0. The zero-order valence-corrected chi connectivity index (χ0v) is 22.3. The van der Waals surface area contributed by atoms with Crippen LogP contribution in [0.25, 0.3) is 10.9 Å². The Balaban J connectivity index is 1.82. The van der Waals surface area contributed by atoms with Crippen LogP contribution in [0.15, 0.2) is 43.0 Å². The highest BCUT2D eigenvalue weighted by Crippen LogP contribution is 2.19. The number of hydrogen-bond donors (Lipinski definition) is 9. The molecule has 4 unspecified atom stereocenters. The number of aromatic nitrogens is 3. The number of para-hydroxylation sites is 1. The summed E-state index contributed by atoms with van der Waals surface area (Å²) in [5.74, 6) is -6.29. The summed E-state index contributed by atoms with van der Waals surface area (Å²) in [5.41, 5.74) is 13.1. The van der Waals surface area contributed by atoms with E-state index in [1.807, 2.05) is 0 Å². The van der Waals surface area contributed by atoms with Crippen LogP contribution in [0.2, 0.25) is 0 Å². The monoisotopic (exact) mass is 584 g/mol. The van der Waals surface area contributed by atoms with Gasteiger partial charge in [0.1, 0.15) is 18.1 Å². The van der Waals surface area contributed by atoms with Crippen molar-refractivity contribution in [1.82, 2.24) is 30.9 Å². The van der Waals surface area contributed by atoms with Crippen molar-refractivity contribution in [2.45, 2.75) is 56.3 Å². The minimum atomic E-state index is -1.56. The molecule has 224 valence electrons. The second-order valence-electron chi connectivity index (χ2n) is 9.58. The first-order valence-corrected chi connectivity index (χ1v) is 12.9. The summed E-state index contributed by atoms with van der Waals surface area (Å²) in [4.78, 5) is 83.4. The third-order valence-corrected chi connectivity index (χ3v) is 6.36. The van der Waals surface area contributed by atoms with Crippen LogP contribution in [0.4, 0.5) is 0 Å². The average molecular weight is 585 g/mol. The van der Waals surface area contributed by atoms with Crippen LogP contribution in [-0.4, -0.2) is 84.9 Å². The van der Waals surface area contributed by atoms with E-state index in [1.54, 1.807) is 30.5 Å². The molecule has 2 aromatic heterocycles. The molecule has 2 heterocycles. The van der Waals surface area contributed by atoms with Gasteiger partial charge >= 0.3 is 11.9 Å². The molecule has 0 spiro atoms. The fourth-order valence-electron chi connectivity index (χ4n) is 4.21. The summed E-state index contributed by atoms with van der Waals surface area (Å²) in [6.45, 7) is 0. The van der Waals surface area contributed by atoms with Crippen LogP contribution >= 0.6 is 0 Å². The highest BCUT2D eigenvalue weighted by Gasteiger charge is 2.32. The molecule has 3 aromatic rings. The lowest BCUT2D eigenvalue weighted by Crippen LogP contribution is -2.58. The van der Waals surface area contributed by atoms with Gasteiger partial charge in [-0.25, -0.2) is 9.78 Å². The van der Waals surface area contributed by atoms with E-state index >= 15 is 0 Å². The van der Waals surface area contributed by atoms with Crippen molar-refractivity contribution in [3.8, 4) is 0 Å². The molecular weight excluding hydrogens is 552 g/mol. The van der Waals surface area contributed by atoms with Gasteiger partial charge in [0.2, 0.25) is 23.6 Å². The number of nitrogens with two attached hydrogens (primary N) is 2. The van der Waals surface area contributed by atoms with Crippen LogP contribution in [0.3, 0.4) is 0 Å². The molecule has 16 nitrogen and oxygen atoms in total. The molecule has 0 aliphatic carbocycles. The molecule has 42 heavy (non-hydrogen) atoms. The first-order valence-electron chi connectivity index (χ1n) is 12.9. The number of aromatic amines is 2. The number of hydrogen-bond acceptors (Lipinski definition) is 8. The minimum Gasteiger partial charge on any atom is -0.481 e. The Morgan fingerprint density at radius 3 is 2.19 bits per heavy atom.